The second-order valence-electron chi connectivity index (χ2n) is 10.1. The van der Waals surface area contributed by atoms with Gasteiger partial charge >= 0.3 is 0 Å². The number of benzene rings is 3. The first-order valence-electron chi connectivity index (χ1n) is 14.0. The van der Waals surface area contributed by atoms with Gasteiger partial charge in [0, 0.05) is 18.7 Å². The van der Waals surface area contributed by atoms with Crippen molar-refractivity contribution in [2.45, 2.75) is 64.1 Å². The van der Waals surface area contributed by atoms with Crippen LogP contribution in [-0.4, -0.2) is 58.0 Å². The van der Waals surface area contributed by atoms with Crippen molar-refractivity contribution in [2.24, 2.45) is 0 Å². The number of nitrogens with zero attached hydrogens (tertiary/aromatic N) is 2. The standard InChI is InChI=1S/C32H41N3O6S/c1-7-24(4)33-32(37)30(8-2)34(21-25-11-9-13-27(19-25)40-5)31(36)22-35(26-12-10-14-28(20-26)41-6)42(38,39)29-17-15-23(3)16-18-29/h9-20,24,30H,7-8,21-22H2,1-6H3,(H,33,37)/t24-,30+/m1/s1. The molecule has 0 aliphatic heterocycles. The van der Waals surface area contributed by atoms with Crippen LogP contribution in [0, 0.1) is 6.92 Å². The van der Waals surface area contributed by atoms with E-state index in [4.69, 9.17) is 9.47 Å². The predicted molar refractivity (Wildman–Crippen MR) is 164 cm³/mol. The monoisotopic (exact) mass is 595 g/mol. The molecular weight excluding hydrogens is 554 g/mol. The largest absolute Gasteiger partial charge is 0.497 e. The third-order valence-corrected chi connectivity index (χ3v) is 8.89. The number of nitrogens with one attached hydrogen (secondary N) is 1. The first kappa shape index (κ1) is 32.5. The summed E-state index contributed by atoms with van der Waals surface area (Å²) in [6.07, 6.45) is 1.06. The molecule has 0 aromatic heterocycles. The molecule has 0 aliphatic rings. The molecule has 3 rings (SSSR count). The van der Waals surface area contributed by atoms with Crippen molar-refractivity contribution in [3.63, 3.8) is 0 Å². The number of methoxy groups -OCH3 is 2. The summed E-state index contributed by atoms with van der Waals surface area (Å²) in [4.78, 5) is 29.1. The second-order valence-corrected chi connectivity index (χ2v) is 12.0. The molecule has 0 unspecified atom stereocenters. The van der Waals surface area contributed by atoms with Crippen LogP contribution < -0.4 is 19.1 Å². The van der Waals surface area contributed by atoms with Crippen LogP contribution in [0.3, 0.4) is 0 Å². The van der Waals surface area contributed by atoms with Crippen molar-refractivity contribution >= 4 is 27.5 Å². The van der Waals surface area contributed by atoms with E-state index < -0.39 is 28.5 Å². The van der Waals surface area contributed by atoms with Crippen LogP contribution in [0.15, 0.2) is 77.7 Å². The third-order valence-electron chi connectivity index (χ3n) is 7.10. The molecule has 0 spiro atoms. The highest BCUT2D eigenvalue weighted by atomic mass is 32.2. The molecule has 3 aromatic carbocycles. The summed E-state index contributed by atoms with van der Waals surface area (Å²) in [6.45, 7) is 7.12. The van der Waals surface area contributed by atoms with Crippen LogP contribution in [0.2, 0.25) is 0 Å². The summed E-state index contributed by atoms with van der Waals surface area (Å²) in [7, 11) is -1.13. The summed E-state index contributed by atoms with van der Waals surface area (Å²) in [6, 6.07) is 19.3. The van der Waals surface area contributed by atoms with E-state index in [1.54, 1.807) is 61.7 Å². The highest BCUT2D eigenvalue weighted by Crippen LogP contribution is 2.28. The zero-order valence-corrected chi connectivity index (χ0v) is 26.0. The molecule has 10 heteroatoms. The first-order valence-corrected chi connectivity index (χ1v) is 15.4. The highest BCUT2D eigenvalue weighted by Gasteiger charge is 2.34. The van der Waals surface area contributed by atoms with E-state index in [0.29, 0.717) is 17.9 Å². The Bertz CT molecular complexity index is 1460. The van der Waals surface area contributed by atoms with Gasteiger partial charge in [-0.05, 0) is 68.7 Å². The number of rotatable bonds is 14. The number of ether oxygens (including phenoxy) is 2. The summed E-state index contributed by atoms with van der Waals surface area (Å²) in [5.41, 5.74) is 1.91. The number of carbonyl (C=O) groups is 2. The lowest BCUT2D eigenvalue weighted by atomic mass is 10.1. The Morgan fingerprint density at radius 2 is 1.50 bits per heavy atom. The summed E-state index contributed by atoms with van der Waals surface area (Å²) in [5.74, 6) is 0.230. The average molecular weight is 596 g/mol. The number of aryl methyl sites for hydroxylation is 1. The van der Waals surface area contributed by atoms with Gasteiger partial charge in [0.15, 0.2) is 0 Å². The van der Waals surface area contributed by atoms with Crippen molar-refractivity contribution in [3.8, 4) is 11.5 Å². The van der Waals surface area contributed by atoms with E-state index in [1.807, 2.05) is 33.8 Å². The Hall–Kier alpha value is -4.05. The number of sulfonamides is 1. The molecule has 9 nitrogen and oxygen atoms in total. The lowest BCUT2D eigenvalue weighted by Crippen LogP contribution is -2.53. The summed E-state index contributed by atoms with van der Waals surface area (Å²) in [5, 5.41) is 2.98. The highest BCUT2D eigenvalue weighted by molar-refractivity contribution is 7.92. The van der Waals surface area contributed by atoms with Crippen LogP contribution in [0.4, 0.5) is 5.69 Å². The minimum absolute atomic E-state index is 0.0459. The zero-order valence-electron chi connectivity index (χ0n) is 25.2. The van der Waals surface area contributed by atoms with Crippen LogP contribution in [0.5, 0.6) is 11.5 Å². The predicted octanol–water partition coefficient (Wildman–Crippen LogP) is 4.93. The van der Waals surface area contributed by atoms with Crippen molar-refractivity contribution in [1.82, 2.24) is 10.2 Å². The maximum Gasteiger partial charge on any atom is 0.264 e. The molecule has 0 fully saturated rings. The minimum atomic E-state index is -4.17. The normalized spacial score (nSPS) is 12.6. The van der Waals surface area contributed by atoms with E-state index >= 15 is 0 Å². The second kappa shape index (κ2) is 14.7. The van der Waals surface area contributed by atoms with Gasteiger partial charge < -0.3 is 19.7 Å². The van der Waals surface area contributed by atoms with E-state index in [-0.39, 0.29) is 29.1 Å². The Morgan fingerprint density at radius 3 is 2.10 bits per heavy atom. The van der Waals surface area contributed by atoms with Crippen molar-refractivity contribution in [2.75, 3.05) is 25.1 Å². The molecule has 0 saturated heterocycles. The fourth-order valence-corrected chi connectivity index (χ4v) is 5.87. The van der Waals surface area contributed by atoms with Gasteiger partial charge in [-0.1, -0.05) is 49.7 Å². The molecule has 0 radical (unpaired) electrons. The summed E-state index contributed by atoms with van der Waals surface area (Å²) < 4.78 is 39.8. The number of carbonyl (C=O) groups excluding carboxylic acids is 2. The van der Waals surface area contributed by atoms with Gasteiger partial charge in [0.25, 0.3) is 10.0 Å². The SMILES string of the molecule is CC[C@@H](C)NC(=O)[C@H](CC)N(Cc1cccc(OC)c1)C(=O)CN(c1cccc(OC)c1)S(=O)(=O)c1ccc(C)cc1. The van der Waals surface area contributed by atoms with E-state index in [0.717, 1.165) is 21.9 Å². The van der Waals surface area contributed by atoms with Crippen molar-refractivity contribution in [3.05, 3.63) is 83.9 Å². The summed E-state index contributed by atoms with van der Waals surface area (Å²) >= 11 is 0. The average Bonchev–Trinajstić information content (AvgIpc) is 2.99. The van der Waals surface area contributed by atoms with Gasteiger partial charge in [-0.25, -0.2) is 8.42 Å². The molecule has 0 heterocycles. The lowest BCUT2D eigenvalue weighted by molar-refractivity contribution is -0.140. The fraction of sp³-hybridized carbons (Fsp3) is 0.375. The number of hydrogen-bond donors (Lipinski definition) is 1. The molecule has 226 valence electrons. The Kier molecular flexibility index (Phi) is 11.4. The Morgan fingerprint density at radius 1 is 0.881 bits per heavy atom. The third kappa shape index (κ3) is 8.03. The van der Waals surface area contributed by atoms with Gasteiger partial charge in [-0.3, -0.25) is 13.9 Å². The Balaban J connectivity index is 2.09. The van der Waals surface area contributed by atoms with Crippen LogP contribution >= 0.6 is 0 Å². The number of hydrogen-bond acceptors (Lipinski definition) is 6. The Labute approximate surface area is 249 Å². The van der Waals surface area contributed by atoms with Crippen LogP contribution in [0.25, 0.3) is 0 Å². The van der Waals surface area contributed by atoms with Gasteiger partial charge in [-0.15, -0.1) is 0 Å². The maximum atomic E-state index is 14.2. The van der Waals surface area contributed by atoms with Crippen molar-refractivity contribution < 1.29 is 27.5 Å². The molecule has 42 heavy (non-hydrogen) atoms. The molecule has 3 aromatic rings. The minimum Gasteiger partial charge on any atom is -0.497 e. The molecule has 0 aliphatic carbocycles. The van der Waals surface area contributed by atoms with Gasteiger partial charge in [-0.2, -0.15) is 0 Å². The van der Waals surface area contributed by atoms with Gasteiger partial charge in [0.1, 0.15) is 24.1 Å². The van der Waals surface area contributed by atoms with E-state index in [1.165, 1.54) is 24.1 Å². The van der Waals surface area contributed by atoms with E-state index in [9.17, 15) is 18.0 Å². The molecular formula is C32H41N3O6S. The van der Waals surface area contributed by atoms with Gasteiger partial charge in [0.2, 0.25) is 11.8 Å². The smallest absolute Gasteiger partial charge is 0.264 e. The zero-order chi connectivity index (χ0) is 30.9. The molecule has 2 atom stereocenters. The number of amides is 2. The van der Waals surface area contributed by atoms with Gasteiger partial charge in [0.05, 0.1) is 24.8 Å². The number of anilines is 1. The van der Waals surface area contributed by atoms with E-state index in [2.05, 4.69) is 5.32 Å². The maximum absolute atomic E-state index is 14.2. The molecule has 0 saturated carbocycles. The molecule has 1 N–H and O–H groups in total. The molecule has 2 amide bonds. The van der Waals surface area contributed by atoms with Crippen molar-refractivity contribution in [1.29, 1.82) is 0 Å². The topological polar surface area (TPSA) is 105 Å². The van der Waals surface area contributed by atoms with Crippen LogP contribution in [0.1, 0.15) is 44.7 Å². The first-order chi connectivity index (χ1) is 20.0. The lowest BCUT2D eigenvalue weighted by Gasteiger charge is -2.33. The fourth-order valence-electron chi connectivity index (χ4n) is 4.46. The quantitative estimate of drug-likeness (QED) is 0.283. The molecule has 0 bridgehead atoms. The van der Waals surface area contributed by atoms with Crippen LogP contribution in [-0.2, 0) is 26.2 Å².